The van der Waals surface area contributed by atoms with E-state index in [-0.39, 0.29) is 11.6 Å². The number of azo groups is 1. The lowest BCUT2D eigenvalue weighted by Crippen LogP contribution is -2.11. The summed E-state index contributed by atoms with van der Waals surface area (Å²) in [7, 11) is 1.44. The number of aromatic hydroxyl groups is 1. The first kappa shape index (κ1) is 14.9. The van der Waals surface area contributed by atoms with E-state index in [2.05, 4.69) is 15.2 Å². The van der Waals surface area contributed by atoms with Crippen LogP contribution in [0.1, 0.15) is 11.7 Å². The van der Waals surface area contributed by atoms with Crippen molar-refractivity contribution in [2.24, 2.45) is 10.2 Å². The number of aromatic nitrogens is 1. The molecule has 1 atom stereocenters. The van der Waals surface area contributed by atoms with E-state index >= 15 is 0 Å². The van der Waals surface area contributed by atoms with Gasteiger partial charge in [-0.1, -0.05) is 48.5 Å². The second kappa shape index (κ2) is 6.41. The SMILES string of the molecule is CO[C@H](C(=O)N=Nc1c(O)[nH]c2ccccc12)c1ccccc1. The number of methoxy groups -OCH3 is 1. The summed E-state index contributed by atoms with van der Waals surface area (Å²) in [5.41, 5.74) is 1.65. The molecule has 1 heterocycles. The van der Waals surface area contributed by atoms with Gasteiger partial charge < -0.3 is 14.8 Å². The number of ether oxygens (including phenoxy) is 1. The average Bonchev–Trinajstić information content (AvgIpc) is 2.90. The van der Waals surface area contributed by atoms with Gasteiger partial charge in [0.2, 0.25) is 5.88 Å². The van der Waals surface area contributed by atoms with Crippen molar-refractivity contribution < 1.29 is 14.6 Å². The van der Waals surface area contributed by atoms with Crippen molar-refractivity contribution in [3.8, 4) is 5.88 Å². The minimum atomic E-state index is -0.827. The Labute approximate surface area is 132 Å². The second-order valence-corrected chi connectivity index (χ2v) is 4.93. The van der Waals surface area contributed by atoms with Gasteiger partial charge in [-0.25, -0.2) is 0 Å². The summed E-state index contributed by atoms with van der Waals surface area (Å²) in [6.07, 6.45) is -0.827. The van der Waals surface area contributed by atoms with Gasteiger partial charge in [-0.3, -0.25) is 4.79 Å². The Morgan fingerprint density at radius 1 is 1.13 bits per heavy atom. The number of amides is 1. The highest BCUT2D eigenvalue weighted by Crippen LogP contribution is 2.35. The molecule has 0 unspecified atom stereocenters. The molecule has 6 nitrogen and oxygen atoms in total. The Hall–Kier alpha value is -2.99. The molecule has 0 radical (unpaired) electrons. The molecule has 6 heteroatoms. The molecule has 0 spiro atoms. The van der Waals surface area contributed by atoms with E-state index in [0.717, 1.165) is 5.52 Å². The van der Waals surface area contributed by atoms with Crippen LogP contribution in [-0.4, -0.2) is 23.1 Å². The highest BCUT2D eigenvalue weighted by atomic mass is 16.5. The highest BCUT2D eigenvalue weighted by molar-refractivity contribution is 5.94. The Morgan fingerprint density at radius 3 is 2.57 bits per heavy atom. The standard InChI is InChI=1S/C17H15N3O3/c1-23-15(11-7-3-2-4-8-11)17(22)20-19-14-12-9-5-6-10-13(12)18-16(14)21/h2-10,15,18,21H,1H3/t15-/m0/s1. The molecule has 116 valence electrons. The summed E-state index contributed by atoms with van der Waals surface area (Å²) >= 11 is 0. The van der Waals surface area contributed by atoms with Crippen LogP contribution in [0, 0.1) is 0 Å². The third-order valence-electron chi connectivity index (χ3n) is 3.47. The third-order valence-corrected chi connectivity index (χ3v) is 3.47. The lowest BCUT2D eigenvalue weighted by molar-refractivity contribution is -0.128. The van der Waals surface area contributed by atoms with Gasteiger partial charge in [0.25, 0.3) is 5.91 Å². The van der Waals surface area contributed by atoms with E-state index in [1.807, 2.05) is 30.3 Å². The number of aromatic amines is 1. The topological polar surface area (TPSA) is 87.0 Å². The van der Waals surface area contributed by atoms with Crippen molar-refractivity contribution in [3.63, 3.8) is 0 Å². The van der Waals surface area contributed by atoms with Crippen LogP contribution in [0.25, 0.3) is 10.9 Å². The Kier molecular flexibility index (Phi) is 4.16. The first-order chi connectivity index (χ1) is 11.2. The first-order valence-corrected chi connectivity index (χ1v) is 7.03. The van der Waals surface area contributed by atoms with Crippen LogP contribution in [0.2, 0.25) is 0 Å². The van der Waals surface area contributed by atoms with Crippen molar-refractivity contribution in [2.75, 3.05) is 7.11 Å². The van der Waals surface area contributed by atoms with Gasteiger partial charge in [-0.15, -0.1) is 10.2 Å². The fourth-order valence-corrected chi connectivity index (χ4v) is 2.37. The van der Waals surface area contributed by atoms with E-state index in [1.165, 1.54) is 7.11 Å². The number of carbonyl (C=O) groups is 1. The molecule has 2 aromatic carbocycles. The van der Waals surface area contributed by atoms with Crippen LogP contribution in [0.15, 0.2) is 64.8 Å². The molecule has 0 fully saturated rings. The molecule has 23 heavy (non-hydrogen) atoms. The number of para-hydroxylation sites is 1. The zero-order chi connectivity index (χ0) is 16.2. The van der Waals surface area contributed by atoms with Crippen LogP contribution < -0.4 is 0 Å². The fourth-order valence-electron chi connectivity index (χ4n) is 2.37. The first-order valence-electron chi connectivity index (χ1n) is 7.03. The molecule has 0 aliphatic carbocycles. The maximum Gasteiger partial charge on any atom is 0.297 e. The van der Waals surface area contributed by atoms with Gasteiger partial charge in [0.05, 0.1) is 5.52 Å². The quantitative estimate of drug-likeness (QED) is 0.717. The van der Waals surface area contributed by atoms with Gasteiger partial charge >= 0.3 is 0 Å². The van der Waals surface area contributed by atoms with Gasteiger partial charge in [-0.2, -0.15) is 0 Å². The largest absolute Gasteiger partial charge is 0.493 e. The molecule has 0 bridgehead atoms. The molecule has 3 rings (SSSR count). The van der Waals surface area contributed by atoms with E-state index in [0.29, 0.717) is 10.9 Å². The number of hydrogen-bond donors (Lipinski definition) is 2. The minimum absolute atomic E-state index is 0.128. The molecular weight excluding hydrogens is 294 g/mol. The normalized spacial score (nSPS) is 12.7. The van der Waals surface area contributed by atoms with E-state index in [1.54, 1.807) is 24.3 Å². The highest BCUT2D eigenvalue weighted by Gasteiger charge is 2.20. The van der Waals surface area contributed by atoms with Crippen molar-refractivity contribution in [1.82, 2.24) is 4.98 Å². The summed E-state index contributed by atoms with van der Waals surface area (Å²) in [5, 5.41) is 18.2. The van der Waals surface area contributed by atoms with Crippen molar-refractivity contribution in [2.45, 2.75) is 6.10 Å². The Bertz CT molecular complexity index is 856. The van der Waals surface area contributed by atoms with E-state index < -0.39 is 12.0 Å². The molecule has 1 amide bonds. The number of nitrogens with zero attached hydrogens (tertiary/aromatic N) is 2. The van der Waals surface area contributed by atoms with E-state index in [4.69, 9.17) is 4.74 Å². The minimum Gasteiger partial charge on any atom is -0.493 e. The number of rotatable bonds is 4. The van der Waals surface area contributed by atoms with Crippen molar-refractivity contribution in [1.29, 1.82) is 0 Å². The fraction of sp³-hybridized carbons (Fsp3) is 0.118. The van der Waals surface area contributed by atoms with Gasteiger partial charge in [0, 0.05) is 12.5 Å². The number of H-pyrrole nitrogens is 1. The van der Waals surface area contributed by atoms with Crippen LogP contribution in [0.3, 0.4) is 0 Å². The Balaban J connectivity index is 1.89. The molecule has 1 aromatic heterocycles. The van der Waals surface area contributed by atoms with Crippen LogP contribution in [0.4, 0.5) is 5.69 Å². The summed E-state index contributed by atoms with van der Waals surface area (Å²) in [6.45, 7) is 0. The maximum absolute atomic E-state index is 12.2. The molecule has 3 aromatic rings. The zero-order valence-corrected chi connectivity index (χ0v) is 12.4. The molecule has 0 aliphatic heterocycles. The van der Waals surface area contributed by atoms with E-state index in [9.17, 15) is 9.90 Å². The van der Waals surface area contributed by atoms with Crippen LogP contribution in [-0.2, 0) is 9.53 Å². The predicted molar refractivity (Wildman–Crippen MR) is 85.7 cm³/mol. The third kappa shape index (κ3) is 2.97. The van der Waals surface area contributed by atoms with Gasteiger partial charge in [0.1, 0.15) is 0 Å². The summed E-state index contributed by atoms with van der Waals surface area (Å²) in [6, 6.07) is 16.3. The number of hydrogen-bond acceptors (Lipinski definition) is 4. The molecule has 0 saturated carbocycles. The predicted octanol–water partition coefficient (Wildman–Crippen LogP) is 3.87. The lowest BCUT2D eigenvalue weighted by Gasteiger charge is -2.10. The maximum atomic E-state index is 12.2. The van der Waals surface area contributed by atoms with Crippen LogP contribution >= 0.6 is 0 Å². The molecule has 2 N–H and O–H groups in total. The summed E-state index contributed by atoms with van der Waals surface area (Å²) in [4.78, 5) is 15.0. The number of nitrogens with one attached hydrogen (secondary N) is 1. The van der Waals surface area contributed by atoms with Crippen LogP contribution in [0.5, 0.6) is 5.88 Å². The number of carbonyl (C=O) groups excluding carboxylic acids is 1. The number of fused-ring (bicyclic) bond motifs is 1. The number of benzene rings is 2. The van der Waals surface area contributed by atoms with Crippen molar-refractivity contribution in [3.05, 3.63) is 60.2 Å². The second-order valence-electron chi connectivity index (χ2n) is 4.93. The summed E-state index contributed by atoms with van der Waals surface area (Å²) < 4.78 is 5.21. The molecule has 0 saturated heterocycles. The smallest absolute Gasteiger partial charge is 0.297 e. The monoisotopic (exact) mass is 309 g/mol. The van der Waals surface area contributed by atoms with Gasteiger partial charge in [0.15, 0.2) is 11.8 Å². The Morgan fingerprint density at radius 2 is 1.83 bits per heavy atom. The average molecular weight is 309 g/mol. The zero-order valence-electron chi connectivity index (χ0n) is 12.4. The van der Waals surface area contributed by atoms with Crippen molar-refractivity contribution >= 4 is 22.5 Å². The lowest BCUT2D eigenvalue weighted by atomic mass is 10.1. The van der Waals surface area contributed by atoms with Gasteiger partial charge in [-0.05, 0) is 11.6 Å². The molecule has 0 aliphatic rings. The molecular formula is C17H15N3O3. The summed E-state index contributed by atoms with van der Waals surface area (Å²) in [5.74, 6) is -0.667.